The van der Waals surface area contributed by atoms with E-state index in [0.29, 0.717) is 5.69 Å². The number of hydrogen-bond donors (Lipinski definition) is 3. The van der Waals surface area contributed by atoms with E-state index < -0.39 is 23.2 Å². The summed E-state index contributed by atoms with van der Waals surface area (Å²) in [6.07, 6.45) is 0. The molecule has 0 saturated carbocycles. The maximum absolute atomic E-state index is 13.2. The number of benzene rings is 2. The molecule has 5 nitrogen and oxygen atoms in total. The zero-order chi connectivity index (χ0) is 17.7. The van der Waals surface area contributed by atoms with Crippen molar-refractivity contribution >= 4 is 17.5 Å². The lowest BCUT2D eigenvalue weighted by atomic mass is 10.1. The second kappa shape index (κ2) is 7.23. The average molecular weight is 330 g/mol. The minimum Gasteiger partial charge on any atom is -0.381 e. The number of halogens is 1. The van der Waals surface area contributed by atoms with Gasteiger partial charge in [-0.2, -0.15) is 0 Å². The van der Waals surface area contributed by atoms with Crippen molar-refractivity contribution in [3.63, 3.8) is 0 Å². The fourth-order valence-corrected chi connectivity index (χ4v) is 1.99. The van der Waals surface area contributed by atoms with Crippen LogP contribution in [0.15, 0.2) is 48.5 Å². The Morgan fingerprint density at radius 3 is 2.50 bits per heavy atom. The summed E-state index contributed by atoms with van der Waals surface area (Å²) in [5.41, 5.74) is 0.0445. The molecule has 6 heteroatoms. The molecule has 0 bridgehead atoms. The molecule has 2 aromatic carbocycles. The van der Waals surface area contributed by atoms with Gasteiger partial charge in [0.25, 0.3) is 11.8 Å². The summed E-state index contributed by atoms with van der Waals surface area (Å²) in [5.74, 6) is -1.39. The van der Waals surface area contributed by atoms with Crippen LogP contribution in [-0.4, -0.2) is 22.5 Å². The van der Waals surface area contributed by atoms with Crippen LogP contribution in [0, 0.1) is 5.82 Å². The van der Waals surface area contributed by atoms with Crippen LogP contribution in [0.3, 0.4) is 0 Å². The molecule has 0 aliphatic heterocycles. The largest absolute Gasteiger partial charge is 0.381 e. The van der Waals surface area contributed by atoms with Crippen molar-refractivity contribution in [1.82, 2.24) is 5.32 Å². The molecule has 0 atom stereocenters. The van der Waals surface area contributed by atoms with Crippen molar-refractivity contribution in [3.05, 3.63) is 65.5 Å². The molecular weight excluding hydrogens is 311 g/mol. The van der Waals surface area contributed by atoms with Gasteiger partial charge in [0.15, 0.2) is 0 Å². The van der Waals surface area contributed by atoms with E-state index in [1.807, 2.05) is 0 Å². The Balaban J connectivity index is 2.02. The van der Waals surface area contributed by atoms with E-state index in [9.17, 15) is 19.1 Å². The molecule has 0 spiro atoms. The van der Waals surface area contributed by atoms with Gasteiger partial charge in [0.2, 0.25) is 0 Å². The summed E-state index contributed by atoms with van der Waals surface area (Å²) in [6.45, 7) is 3.02. The molecule has 0 fully saturated rings. The predicted molar refractivity (Wildman–Crippen MR) is 88.9 cm³/mol. The third-order valence-electron chi connectivity index (χ3n) is 3.28. The van der Waals surface area contributed by atoms with Crippen LogP contribution in [0.2, 0.25) is 0 Å². The lowest BCUT2D eigenvalue weighted by Crippen LogP contribution is -2.41. The summed E-state index contributed by atoms with van der Waals surface area (Å²) < 4.78 is 13.2. The van der Waals surface area contributed by atoms with Crippen molar-refractivity contribution < 1.29 is 19.1 Å². The van der Waals surface area contributed by atoms with Gasteiger partial charge >= 0.3 is 0 Å². The third-order valence-corrected chi connectivity index (χ3v) is 3.28. The Labute approximate surface area is 139 Å². The molecule has 0 heterocycles. The van der Waals surface area contributed by atoms with Gasteiger partial charge in [0.1, 0.15) is 11.4 Å². The zero-order valence-corrected chi connectivity index (χ0v) is 13.5. The van der Waals surface area contributed by atoms with Gasteiger partial charge in [-0.25, -0.2) is 4.39 Å². The van der Waals surface area contributed by atoms with Crippen LogP contribution >= 0.6 is 0 Å². The van der Waals surface area contributed by atoms with Crippen LogP contribution in [0.1, 0.15) is 29.8 Å². The van der Waals surface area contributed by atoms with Crippen molar-refractivity contribution in [2.45, 2.75) is 26.0 Å². The quantitative estimate of drug-likeness (QED) is 0.788. The van der Waals surface area contributed by atoms with E-state index >= 15 is 0 Å². The first-order chi connectivity index (χ1) is 11.3. The SMILES string of the molecule is CC(C)(O)C(=O)NCc1cccc(NC(=O)c2cccc(F)c2)c1. The number of carbonyl (C=O) groups is 2. The first kappa shape index (κ1) is 17.6. The van der Waals surface area contributed by atoms with E-state index in [1.54, 1.807) is 24.3 Å². The number of anilines is 1. The number of amides is 2. The molecule has 0 unspecified atom stereocenters. The molecule has 0 aromatic heterocycles. The predicted octanol–water partition coefficient (Wildman–Crippen LogP) is 2.47. The number of nitrogens with one attached hydrogen (secondary N) is 2. The van der Waals surface area contributed by atoms with Crippen LogP contribution in [0.5, 0.6) is 0 Å². The standard InChI is InChI=1S/C18H19FN2O3/c1-18(2,24)17(23)20-11-12-5-3-8-15(9-12)21-16(22)13-6-4-7-14(19)10-13/h3-10,24H,11H2,1-2H3,(H,20,23)(H,21,22). The van der Waals surface area contributed by atoms with Crippen LogP contribution in [0.4, 0.5) is 10.1 Å². The lowest BCUT2D eigenvalue weighted by molar-refractivity contribution is -0.136. The summed E-state index contributed by atoms with van der Waals surface area (Å²) in [7, 11) is 0. The minimum absolute atomic E-state index is 0.215. The number of hydrogen-bond acceptors (Lipinski definition) is 3. The Morgan fingerprint density at radius 2 is 1.83 bits per heavy atom. The Kier molecular flexibility index (Phi) is 5.31. The first-order valence-electron chi connectivity index (χ1n) is 7.42. The van der Waals surface area contributed by atoms with Gasteiger partial charge in [0, 0.05) is 17.8 Å². The van der Waals surface area contributed by atoms with E-state index in [0.717, 1.165) is 11.6 Å². The van der Waals surface area contributed by atoms with E-state index in [-0.39, 0.29) is 12.1 Å². The Hall–Kier alpha value is -2.73. The zero-order valence-electron chi connectivity index (χ0n) is 13.5. The molecule has 2 amide bonds. The topological polar surface area (TPSA) is 78.4 Å². The van der Waals surface area contributed by atoms with Crippen LogP contribution < -0.4 is 10.6 Å². The van der Waals surface area contributed by atoms with Gasteiger partial charge in [-0.15, -0.1) is 0 Å². The minimum atomic E-state index is -1.46. The third kappa shape index (κ3) is 4.89. The molecule has 0 radical (unpaired) electrons. The highest BCUT2D eigenvalue weighted by atomic mass is 19.1. The average Bonchev–Trinajstić information content (AvgIpc) is 2.52. The molecule has 2 rings (SSSR count). The van der Waals surface area contributed by atoms with Gasteiger partial charge in [0.05, 0.1) is 0 Å². The maximum atomic E-state index is 13.2. The summed E-state index contributed by atoms with van der Waals surface area (Å²) >= 11 is 0. The maximum Gasteiger partial charge on any atom is 0.255 e. The molecule has 126 valence electrons. The van der Waals surface area contributed by atoms with Gasteiger partial charge in [-0.05, 0) is 49.7 Å². The number of carbonyl (C=O) groups excluding carboxylic acids is 2. The highest BCUT2D eigenvalue weighted by molar-refractivity contribution is 6.04. The fourth-order valence-electron chi connectivity index (χ4n) is 1.99. The highest BCUT2D eigenvalue weighted by Gasteiger charge is 2.22. The summed E-state index contributed by atoms with van der Waals surface area (Å²) in [4.78, 5) is 23.7. The van der Waals surface area contributed by atoms with Crippen molar-refractivity contribution in [2.24, 2.45) is 0 Å². The van der Waals surface area contributed by atoms with E-state index in [4.69, 9.17) is 0 Å². The molecule has 0 saturated heterocycles. The Morgan fingerprint density at radius 1 is 1.12 bits per heavy atom. The van der Waals surface area contributed by atoms with Crippen LogP contribution in [0.25, 0.3) is 0 Å². The summed E-state index contributed by atoms with van der Waals surface area (Å²) in [5, 5.41) is 14.9. The number of aliphatic hydroxyl groups is 1. The van der Waals surface area contributed by atoms with Crippen LogP contribution in [-0.2, 0) is 11.3 Å². The van der Waals surface area contributed by atoms with Gasteiger partial charge in [-0.1, -0.05) is 18.2 Å². The second-order valence-corrected chi connectivity index (χ2v) is 5.91. The molecule has 2 aromatic rings. The van der Waals surface area contributed by atoms with Gasteiger partial charge < -0.3 is 15.7 Å². The monoisotopic (exact) mass is 330 g/mol. The molecule has 0 aliphatic carbocycles. The second-order valence-electron chi connectivity index (χ2n) is 5.91. The first-order valence-corrected chi connectivity index (χ1v) is 7.42. The lowest BCUT2D eigenvalue weighted by Gasteiger charge is -2.16. The normalized spacial score (nSPS) is 11.0. The molecule has 3 N–H and O–H groups in total. The molecule has 0 aliphatic rings. The van der Waals surface area contributed by atoms with Crippen molar-refractivity contribution in [2.75, 3.05) is 5.32 Å². The van der Waals surface area contributed by atoms with Crippen molar-refractivity contribution in [3.8, 4) is 0 Å². The molecular formula is C18H19FN2O3. The number of rotatable bonds is 5. The molecule has 24 heavy (non-hydrogen) atoms. The fraction of sp³-hybridized carbons (Fsp3) is 0.222. The smallest absolute Gasteiger partial charge is 0.255 e. The van der Waals surface area contributed by atoms with Crippen molar-refractivity contribution in [1.29, 1.82) is 0 Å². The highest BCUT2D eigenvalue weighted by Crippen LogP contribution is 2.13. The summed E-state index contributed by atoms with van der Waals surface area (Å²) in [6, 6.07) is 12.3. The van der Waals surface area contributed by atoms with E-state index in [2.05, 4.69) is 10.6 Å². The van der Waals surface area contributed by atoms with E-state index in [1.165, 1.54) is 32.0 Å². The Bertz CT molecular complexity index is 754. The van der Waals surface area contributed by atoms with Gasteiger partial charge in [-0.3, -0.25) is 9.59 Å².